The molecule has 1 aromatic heterocycles. The van der Waals surface area contributed by atoms with E-state index in [0.29, 0.717) is 12.5 Å². The molecule has 0 N–H and O–H groups in total. The highest BCUT2D eigenvalue weighted by atomic mass is 16.5. The molecule has 1 atom stereocenters. The lowest BCUT2D eigenvalue weighted by Gasteiger charge is -2.07. The summed E-state index contributed by atoms with van der Waals surface area (Å²) in [7, 11) is 0. The van der Waals surface area contributed by atoms with Gasteiger partial charge in [-0.3, -0.25) is 0 Å². The van der Waals surface area contributed by atoms with Gasteiger partial charge in [0.25, 0.3) is 0 Å². The van der Waals surface area contributed by atoms with Crippen LogP contribution in [0.25, 0.3) is 0 Å². The minimum absolute atomic E-state index is 0.595. The maximum Gasteiger partial charge on any atom is 0.129 e. The van der Waals surface area contributed by atoms with Crippen LogP contribution in [0.15, 0.2) is 22.8 Å². The molecule has 0 saturated heterocycles. The summed E-state index contributed by atoms with van der Waals surface area (Å²) < 4.78 is 10.6. The van der Waals surface area contributed by atoms with E-state index in [0.717, 1.165) is 18.8 Å². The van der Waals surface area contributed by atoms with E-state index in [1.807, 2.05) is 12.1 Å². The summed E-state index contributed by atoms with van der Waals surface area (Å²) in [4.78, 5) is 0. The molecule has 0 saturated carbocycles. The Morgan fingerprint density at radius 2 is 2.42 bits per heavy atom. The predicted molar refractivity (Wildman–Crippen MR) is 47.8 cm³/mol. The van der Waals surface area contributed by atoms with Gasteiger partial charge in [-0.05, 0) is 18.1 Å². The zero-order valence-electron chi connectivity index (χ0n) is 7.75. The number of rotatable bonds is 5. The Morgan fingerprint density at radius 3 is 3.00 bits per heavy atom. The van der Waals surface area contributed by atoms with Gasteiger partial charge in [-0.2, -0.15) is 0 Å². The third-order valence-corrected chi connectivity index (χ3v) is 1.92. The first kappa shape index (κ1) is 9.33. The van der Waals surface area contributed by atoms with E-state index < -0.39 is 0 Å². The molecule has 1 aromatic rings. The lowest BCUT2D eigenvalue weighted by atomic mass is 10.1. The normalized spacial score (nSPS) is 13.2. The van der Waals surface area contributed by atoms with Gasteiger partial charge in [-0.15, -0.1) is 0 Å². The lowest BCUT2D eigenvalue weighted by Crippen LogP contribution is -2.03. The van der Waals surface area contributed by atoms with Crippen molar-refractivity contribution >= 4 is 0 Å². The highest BCUT2D eigenvalue weighted by Gasteiger charge is 1.99. The molecule has 1 heterocycles. The molecule has 68 valence electrons. The third kappa shape index (κ3) is 3.09. The second kappa shape index (κ2) is 4.99. The van der Waals surface area contributed by atoms with Gasteiger partial charge in [-0.1, -0.05) is 20.3 Å². The van der Waals surface area contributed by atoms with Crippen molar-refractivity contribution in [3.8, 4) is 0 Å². The molecule has 1 unspecified atom stereocenters. The summed E-state index contributed by atoms with van der Waals surface area (Å²) in [5, 5.41) is 0. The van der Waals surface area contributed by atoms with Crippen LogP contribution in [-0.2, 0) is 11.3 Å². The first-order valence-electron chi connectivity index (χ1n) is 4.43. The van der Waals surface area contributed by atoms with Crippen LogP contribution in [0.1, 0.15) is 26.0 Å². The third-order valence-electron chi connectivity index (χ3n) is 1.92. The van der Waals surface area contributed by atoms with Crippen LogP contribution in [0.4, 0.5) is 0 Å². The Labute approximate surface area is 73.5 Å². The van der Waals surface area contributed by atoms with E-state index in [2.05, 4.69) is 13.8 Å². The summed E-state index contributed by atoms with van der Waals surface area (Å²) >= 11 is 0. The topological polar surface area (TPSA) is 22.4 Å². The highest BCUT2D eigenvalue weighted by Crippen LogP contribution is 2.05. The molecule has 1 rings (SSSR count). The number of ether oxygens (including phenoxy) is 1. The molecule has 0 aliphatic heterocycles. The van der Waals surface area contributed by atoms with Gasteiger partial charge in [-0.25, -0.2) is 0 Å². The molecule has 0 spiro atoms. The van der Waals surface area contributed by atoms with E-state index >= 15 is 0 Å². The van der Waals surface area contributed by atoms with E-state index in [9.17, 15) is 0 Å². The van der Waals surface area contributed by atoms with Crippen molar-refractivity contribution in [1.82, 2.24) is 0 Å². The first-order valence-corrected chi connectivity index (χ1v) is 4.43. The number of furan rings is 1. The Kier molecular flexibility index (Phi) is 3.88. The number of hydrogen-bond donors (Lipinski definition) is 0. The molecule has 0 bridgehead atoms. The van der Waals surface area contributed by atoms with Crippen molar-refractivity contribution in [2.75, 3.05) is 6.61 Å². The van der Waals surface area contributed by atoms with Crippen molar-refractivity contribution in [3.63, 3.8) is 0 Å². The van der Waals surface area contributed by atoms with Crippen LogP contribution >= 0.6 is 0 Å². The van der Waals surface area contributed by atoms with Crippen molar-refractivity contribution in [1.29, 1.82) is 0 Å². The summed E-state index contributed by atoms with van der Waals surface area (Å²) in [5.41, 5.74) is 0. The molecule has 2 nitrogen and oxygen atoms in total. The first-order chi connectivity index (χ1) is 5.83. The van der Waals surface area contributed by atoms with Crippen molar-refractivity contribution in [2.24, 2.45) is 5.92 Å². The molecular formula is C10H16O2. The van der Waals surface area contributed by atoms with E-state index in [-0.39, 0.29) is 0 Å². The molecule has 0 radical (unpaired) electrons. The molecule has 0 aromatic carbocycles. The molecule has 0 aliphatic carbocycles. The van der Waals surface area contributed by atoms with Gasteiger partial charge < -0.3 is 9.15 Å². The van der Waals surface area contributed by atoms with Crippen molar-refractivity contribution in [3.05, 3.63) is 24.2 Å². The van der Waals surface area contributed by atoms with Crippen LogP contribution in [0.3, 0.4) is 0 Å². The van der Waals surface area contributed by atoms with Crippen LogP contribution in [0.2, 0.25) is 0 Å². The van der Waals surface area contributed by atoms with E-state index in [4.69, 9.17) is 9.15 Å². The fourth-order valence-corrected chi connectivity index (χ4v) is 0.873. The SMILES string of the molecule is CCC(C)COCc1ccco1. The van der Waals surface area contributed by atoms with E-state index in [1.165, 1.54) is 0 Å². The highest BCUT2D eigenvalue weighted by molar-refractivity contribution is 4.95. The van der Waals surface area contributed by atoms with Crippen molar-refractivity contribution < 1.29 is 9.15 Å². The molecule has 0 fully saturated rings. The van der Waals surface area contributed by atoms with Gasteiger partial charge in [0.05, 0.1) is 6.26 Å². The zero-order valence-corrected chi connectivity index (χ0v) is 7.75. The minimum Gasteiger partial charge on any atom is -0.467 e. The van der Waals surface area contributed by atoms with Gasteiger partial charge in [0.2, 0.25) is 0 Å². The molecule has 0 aliphatic rings. The van der Waals surface area contributed by atoms with Crippen LogP contribution in [-0.4, -0.2) is 6.61 Å². The quantitative estimate of drug-likeness (QED) is 0.674. The smallest absolute Gasteiger partial charge is 0.129 e. The Bertz CT molecular complexity index is 192. The fourth-order valence-electron chi connectivity index (χ4n) is 0.873. The Morgan fingerprint density at radius 1 is 1.58 bits per heavy atom. The molecule has 12 heavy (non-hydrogen) atoms. The summed E-state index contributed by atoms with van der Waals surface area (Å²) in [6.07, 6.45) is 2.83. The van der Waals surface area contributed by atoms with Gasteiger partial charge in [0.1, 0.15) is 12.4 Å². The largest absolute Gasteiger partial charge is 0.467 e. The maximum atomic E-state index is 5.44. The average molecular weight is 168 g/mol. The molecular weight excluding hydrogens is 152 g/mol. The van der Waals surface area contributed by atoms with Crippen LogP contribution in [0.5, 0.6) is 0 Å². The average Bonchev–Trinajstić information content (AvgIpc) is 2.57. The zero-order chi connectivity index (χ0) is 8.81. The minimum atomic E-state index is 0.595. The maximum absolute atomic E-state index is 5.44. The lowest BCUT2D eigenvalue weighted by molar-refractivity contribution is 0.0791. The van der Waals surface area contributed by atoms with Gasteiger partial charge in [0.15, 0.2) is 0 Å². The second-order valence-electron chi connectivity index (χ2n) is 3.11. The molecule has 2 heteroatoms. The van der Waals surface area contributed by atoms with E-state index in [1.54, 1.807) is 6.26 Å². The van der Waals surface area contributed by atoms with Crippen LogP contribution < -0.4 is 0 Å². The Balaban J connectivity index is 2.11. The van der Waals surface area contributed by atoms with Gasteiger partial charge in [0, 0.05) is 6.61 Å². The standard InChI is InChI=1S/C10H16O2/c1-3-9(2)7-11-8-10-5-4-6-12-10/h4-6,9H,3,7-8H2,1-2H3. The fraction of sp³-hybridized carbons (Fsp3) is 0.600. The monoisotopic (exact) mass is 168 g/mol. The van der Waals surface area contributed by atoms with Crippen LogP contribution in [0, 0.1) is 5.92 Å². The van der Waals surface area contributed by atoms with Gasteiger partial charge >= 0.3 is 0 Å². The Hall–Kier alpha value is -0.760. The molecule has 0 amide bonds. The second-order valence-corrected chi connectivity index (χ2v) is 3.11. The number of hydrogen-bond acceptors (Lipinski definition) is 2. The summed E-state index contributed by atoms with van der Waals surface area (Å²) in [6, 6.07) is 3.80. The van der Waals surface area contributed by atoms with Crippen molar-refractivity contribution in [2.45, 2.75) is 26.9 Å². The summed E-state index contributed by atoms with van der Waals surface area (Å²) in [6.45, 7) is 5.76. The predicted octanol–water partition coefficient (Wildman–Crippen LogP) is 2.84. The summed E-state index contributed by atoms with van der Waals surface area (Å²) in [5.74, 6) is 1.54.